The second-order valence-electron chi connectivity index (χ2n) is 3.53. The average molecular weight is 167 g/mol. The van der Waals surface area contributed by atoms with E-state index >= 15 is 0 Å². The molecule has 1 aliphatic carbocycles. The van der Waals surface area contributed by atoms with Gasteiger partial charge >= 0.3 is 0 Å². The molecular formula is C10H17NO. The van der Waals surface area contributed by atoms with E-state index in [0.717, 1.165) is 19.3 Å². The lowest BCUT2D eigenvalue weighted by Crippen LogP contribution is -2.14. The highest BCUT2D eigenvalue weighted by molar-refractivity contribution is 5.80. The number of nitrogens with two attached hydrogens (primary N) is 1. The minimum Gasteiger partial charge on any atom is -0.369 e. The van der Waals surface area contributed by atoms with Crippen molar-refractivity contribution in [2.45, 2.75) is 26.2 Å². The Labute approximate surface area is 73.8 Å². The zero-order valence-corrected chi connectivity index (χ0v) is 7.62. The van der Waals surface area contributed by atoms with Crippen molar-refractivity contribution in [2.24, 2.45) is 23.5 Å². The van der Waals surface area contributed by atoms with Crippen LogP contribution in [0.1, 0.15) is 26.2 Å². The summed E-state index contributed by atoms with van der Waals surface area (Å²) in [5, 5.41) is 0. The van der Waals surface area contributed by atoms with Crippen molar-refractivity contribution in [3.05, 3.63) is 12.7 Å². The van der Waals surface area contributed by atoms with Crippen LogP contribution < -0.4 is 5.73 Å². The van der Waals surface area contributed by atoms with Gasteiger partial charge in [-0.05, 0) is 24.7 Å². The number of allylic oxidation sites excluding steroid dienone is 1. The molecule has 1 amide bonds. The van der Waals surface area contributed by atoms with Gasteiger partial charge in [-0.3, -0.25) is 4.79 Å². The van der Waals surface area contributed by atoms with Gasteiger partial charge in [0.05, 0.1) is 0 Å². The molecule has 1 aliphatic rings. The summed E-state index contributed by atoms with van der Waals surface area (Å²) < 4.78 is 0. The fourth-order valence-corrected chi connectivity index (χ4v) is 2.13. The summed E-state index contributed by atoms with van der Waals surface area (Å²) in [6.45, 7) is 5.78. The Morgan fingerprint density at radius 2 is 2.25 bits per heavy atom. The van der Waals surface area contributed by atoms with Crippen molar-refractivity contribution in [1.29, 1.82) is 0 Å². The summed E-state index contributed by atoms with van der Waals surface area (Å²) in [7, 11) is 0. The maximum absolute atomic E-state index is 10.9. The molecule has 1 rings (SSSR count). The Balaban J connectivity index is 2.36. The molecule has 0 radical (unpaired) electrons. The quantitative estimate of drug-likeness (QED) is 0.622. The SMILES string of the molecule is C=CCCC1C(CC)C1C(N)=O. The first-order chi connectivity index (χ1) is 5.72. The Hall–Kier alpha value is -0.790. The minimum atomic E-state index is -0.115. The van der Waals surface area contributed by atoms with Crippen LogP contribution in [0, 0.1) is 17.8 Å². The van der Waals surface area contributed by atoms with Gasteiger partial charge in [-0.2, -0.15) is 0 Å². The summed E-state index contributed by atoms with van der Waals surface area (Å²) in [4.78, 5) is 10.9. The van der Waals surface area contributed by atoms with Crippen LogP contribution in [0.25, 0.3) is 0 Å². The molecule has 0 aliphatic heterocycles. The average Bonchev–Trinajstić information content (AvgIpc) is 2.74. The third-order valence-electron chi connectivity index (χ3n) is 2.84. The van der Waals surface area contributed by atoms with Crippen molar-refractivity contribution in [3.63, 3.8) is 0 Å². The molecular weight excluding hydrogens is 150 g/mol. The van der Waals surface area contributed by atoms with Crippen LogP contribution in [0.4, 0.5) is 0 Å². The van der Waals surface area contributed by atoms with Crippen LogP contribution in [0.15, 0.2) is 12.7 Å². The van der Waals surface area contributed by atoms with Gasteiger partial charge in [0.2, 0.25) is 5.91 Å². The molecule has 0 aromatic carbocycles. The maximum Gasteiger partial charge on any atom is 0.221 e. The first-order valence-electron chi connectivity index (χ1n) is 4.62. The van der Waals surface area contributed by atoms with Gasteiger partial charge in [-0.15, -0.1) is 6.58 Å². The predicted octanol–water partition coefficient (Wildman–Crippen LogP) is 1.71. The van der Waals surface area contributed by atoms with E-state index in [1.165, 1.54) is 0 Å². The fraction of sp³-hybridized carbons (Fsp3) is 0.700. The summed E-state index contributed by atoms with van der Waals surface area (Å²) in [5.41, 5.74) is 5.26. The Bertz CT molecular complexity index is 188. The van der Waals surface area contributed by atoms with E-state index in [9.17, 15) is 4.79 Å². The Morgan fingerprint density at radius 3 is 2.58 bits per heavy atom. The smallest absolute Gasteiger partial charge is 0.221 e. The number of hydrogen-bond acceptors (Lipinski definition) is 1. The summed E-state index contributed by atoms with van der Waals surface area (Å²) in [6, 6.07) is 0. The lowest BCUT2D eigenvalue weighted by atomic mass is 10.1. The molecule has 2 nitrogen and oxygen atoms in total. The van der Waals surface area contributed by atoms with Crippen molar-refractivity contribution >= 4 is 5.91 Å². The normalized spacial score (nSPS) is 32.9. The lowest BCUT2D eigenvalue weighted by molar-refractivity contribution is -0.119. The molecule has 2 N–H and O–H groups in total. The Kier molecular flexibility index (Phi) is 2.90. The van der Waals surface area contributed by atoms with Crippen LogP contribution in [0.5, 0.6) is 0 Å². The van der Waals surface area contributed by atoms with E-state index in [1.807, 2.05) is 6.08 Å². The van der Waals surface area contributed by atoms with E-state index in [0.29, 0.717) is 11.8 Å². The summed E-state index contributed by atoms with van der Waals surface area (Å²) in [6.07, 6.45) is 5.07. The van der Waals surface area contributed by atoms with Crippen LogP contribution in [0.2, 0.25) is 0 Å². The van der Waals surface area contributed by atoms with Crippen LogP contribution >= 0.6 is 0 Å². The predicted molar refractivity (Wildman–Crippen MR) is 49.4 cm³/mol. The zero-order valence-electron chi connectivity index (χ0n) is 7.62. The number of rotatable bonds is 5. The molecule has 2 heteroatoms. The van der Waals surface area contributed by atoms with Crippen LogP contribution in [-0.2, 0) is 4.79 Å². The fourth-order valence-electron chi connectivity index (χ4n) is 2.13. The molecule has 68 valence electrons. The summed E-state index contributed by atoms with van der Waals surface area (Å²) in [5.74, 6) is 1.15. The van der Waals surface area contributed by atoms with Crippen molar-refractivity contribution in [1.82, 2.24) is 0 Å². The molecule has 0 bridgehead atoms. The molecule has 0 aromatic heterocycles. The van der Waals surface area contributed by atoms with Gasteiger partial charge in [0.1, 0.15) is 0 Å². The minimum absolute atomic E-state index is 0.115. The van der Waals surface area contributed by atoms with Gasteiger partial charge in [-0.1, -0.05) is 19.4 Å². The third kappa shape index (κ3) is 1.68. The maximum atomic E-state index is 10.9. The van der Waals surface area contributed by atoms with E-state index < -0.39 is 0 Å². The molecule has 0 spiro atoms. The molecule has 12 heavy (non-hydrogen) atoms. The van der Waals surface area contributed by atoms with Crippen LogP contribution in [-0.4, -0.2) is 5.91 Å². The largest absolute Gasteiger partial charge is 0.369 e. The van der Waals surface area contributed by atoms with Crippen molar-refractivity contribution in [3.8, 4) is 0 Å². The first-order valence-corrected chi connectivity index (χ1v) is 4.62. The summed E-state index contributed by atoms with van der Waals surface area (Å²) >= 11 is 0. The van der Waals surface area contributed by atoms with E-state index in [-0.39, 0.29) is 11.8 Å². The second kappa shape index (κ2) is 3.74. The molecule has 1 saturated carbocycles. The second-order valence-corrected chi connectivity index (χ2v) is 3.53. The van der Waals surface area contributed by atoms with Gasteiger partial charge in [-0.25, -0.2) is 0 Å². The Morgan fingerprint density at radius 1 is 1.58 bits per heavy atom. The number of hydrogen-bond donors (Lipinski definition) is 1. The highest BCUT2D eigenvalue weighted by atomic mass is 16.1. The molecule has 1 fully saturated rings. The van der Waals surface area contributed by atoms with Crippen molar-refractivity contribution < 1.29 is 4.79 Å². The number of carbonyl (C=O) groups is 1. The van der Waals surface area contributed by atoms with E-state index in [4.69, 9.17) is 5.73 Å². The molecule has 3 unspecified atom stereocenters. The third-order valence-corrected chi connectivity index (χ3v) is 2.84. The lowest BCUT2D eigenvalue weighted by Gasteiger charge is -1.91. The molecule has 0 aromatic rings. The number of amides is 1. The molecule has 0 saturated heterocycles. The van der Waals surface area contributed by atoms with Gasteiger partial charge in [0.15, 0.2) is 0 Å². The first kappa shape index (κ1) is 9.30. The van der Waals surface area contributed by atoms with Crippen LogP contribution in [0.3, 0.4) is 0 Å². The van der Waals surface area contributed by atoms with E-state index in [1.54, 1.807) is 0 Å². The topological polar surface area (TPSA) is 43.1 Å². The number of carbonyl (C=O) groups excluding carboxylic acids is 1. The van der Waals surface area contributed by atoms with Gasteiger partial charge in [0, 0.05) is 5.92 Å². The zero-order chi connectivity index (χ0) is 9.14. The molecule has 3 atom stereocenters. The van der Waals surface area contributed by atoms with Crippen molar-refractivity contribution in [2.75, 3.05) is 0 Å². The molecule has 0 heterocycles. The highest BCUT2D eigenvalue weighted by Gasteiger charge is 2.51. The standard InChI is InChI=1S/C10H17NO/c1-3-5-6-8-7(4-2)9(8)10(11)12/h3,7-9H,1,4-6H2,2H3,(H2,11,12). The number of primary amides is 1. The monoisotopic (exact) mass is 167 g/mol. The van der Waals surface area contributed by atoms with Gasteiger partial charge in [0.25, 0.3) is 0 Å². The van der Waals surface area contributed by atoms with Gasteiger partial charge < -0.3 is 5.73 Å². The highest BCUT2D eigenvalue weighted by Crippen LogP contribution is 2.50. The van der Waals surface area contributed by atoms with E-state index in [2.05, 4.69) is 13.5 Å².